The Labute approximate surface area is 137 Å². The summed E-state index contributed by atoms with van der Waals surface area (Å²) in [4.78, 5) is 58.2. The highest BCUT2D eigenvalue weighted by molar-refractivity contribution is 5.94. The maximum Gasteiger partial charge on any atom is 0.326 e. The van der Waals surface area contributed by atoms with E-state index in [0.29, 0.717) is 6.42 Å². The maximum absolute atomic E-state index is 12.4. The quantitative estimate of drug-likeness (QED) is 0.311. The van der Waals surface area contributed by atoms with Gasteiger partial charge in [0, 0.05) is 6.54 Å². The Kier molecular flexibility index (Phi) is 7.11. The van der Waals surface area contributed by atoms with Crippen LogP contribution in [0.15, 0.2) is 0 Å². The van der Waals surface area contributed by atoms with E-state index < -0.39 is 54.7 Å². The number of carbonyl (C=O) groups is 5. The lowest BCUT2D eigenvalue weighted by molar-refractivity contribution is -0.150. The number of nitrogens with one attached hydrogen (secondary N) is 2. The van der Waals surface area contributed by atoms with E-state index in [0.717, 1.165) is 4.90 Å². The van der Waals surface area contributed by atoms with Gasteiger partial charge in [0.15, 0.2) is 0 Å². The highest BCUT2D eigenvalue weighted by atomic mass is 16.4. The van der Waals surface area contributed by atoms with Crippen LogP contribution >= 0.6 is 0 Å². The van der Waals surface area contributed by atoms with Crippen LogP contribution in [0.4, 0.5) is 0 Å². The number of nitrogens with two attached hydrogens (primary N) is 1. The summed E-state index contributed by atoms with van der Waals surface area (Å²) in [6.07, 6.45) is 0.0443. The van der Waals surface area contributed by atoms with Crippen LogP contribution in [0.1, 0.15) is 19.3 Å². The van der Waals surface area contributed by atoms with Gasteiger partial charge in [-0.2, -0.15) is 0 Å². The molecule has 2 atom stereocenters. The molecule has 0 aromatic heterocycles. The van der Waals surface area contributed by atoms with E-state index >= 15 is 0 Å². The molecule has 0 aromatic rings. The Hall–Kier alpha value is -2.69. The van der Waals surface area contributed by atoms with Gasteiger partial charge in [0.2, 0.25) is 17.7 Å². The minimum Gasteiger partial charge on any atom is -0.481 e. The normalized spacial score (nSPS) is 17.9. The number of rotatable bonds is 8. The van der Waals surface area contributed by atoms with Crippen LogP contribution in [0.2, 0.25) is 0 Å². The van der Waals surface area contributed by atoms with Gasteiger partial charge in [-0.3, -0.25) is 19.2 Å². The van der Waals surface area contributed by atoms with Gasteiger partial charge < -0.3 is 31.5 Å². The van der Waals surface area contributed by atoms with Gasteiger partial charge in [0.1, 0.15) is 12.1 Å². The highest BCUT2D eigenvalue weighted by Crippen LogP contribution is 2.19. The van der Waals surface area contributed by atoms with Crippen LogP contribution in [0, 0.1) is 0 Å². The molecule has 0 aliphatic carbocycles. The Morgan fingerprint density at radius 2 is 1.83 bits per heavy atom. The second-order valence-electron chi connectivity index (χ2n) is 5.23. The Morgan fingerprint density at radius 3 is 2.38 bits per heavy atom. The number of carboxylic acids is 2. The predicted octanol–water partition coefficient (Wildman–Crippen LogP) is -2.90. The van der Waals surface area contributed by atoms with Gasteiger partial charge in [0.25, 0.3) is 0 Å². The zero-order valence-corrected chi connectivity index (χ0v) is 12.9. The zero-order chi connectivity index (χ0) is 18.3. The minimum absolute atomic E-state index is 0.172. The van der Waals surface area contributed by atoms with Crippen LogP contribution in [-0.2, 0) is 24.0 Å². The lowest BCUT2D eigenvalue weighted by atomic mass is 10.1. The molecule has 1 heterocycles. The van der Waals surface area contributed by atoms with Gasteiger partial charge in [-0.15, -0.1) is 0 Å². The minimum atomic E-state index is -1.41. The van der Waals surface area contributed by atoms with Crippen LogP contribution in [0.3, 0.4) is 0 Å². The number of hydrogen-bond donors (Lipinski definition) is 5. The van der Waals surface area contributed by atoms with Crippen molar-refractivity contribution in [2.45, 2.75) is 31.3 Å². The molecule has 2 unspecified atom stereocenters. The van der Waals surface area contributed by atoms with Crippen LogP contribution in [-0.4, -0.2) is 76.5 Å². The summed E-state index contributed by atoms with van der Waals surface area (Å²) in [5, 5.41) is 22.4. The molecule has 3 amide bonds. The van der Waals surface area contributed by atoms with Crippen LogP contribution in [0.5, 0.6) is 0 Å². The van der Waals surface area contributed by atoms with Crippen molar-refractivity contribution in [3.05, 3.63) is 0 Å². The average molecular weight is 344 g/mol. The van der Waals surface area contributed by atoms with Crippen molar-refractivity contribution in [3.63, 3.8) is 0 Å². The second kappa shape index (κ2) is 8.82. The van der Waals surface area contributed by atoms with Crippen LogP contribution in [0.25, 0.3) is 0 Å². The summed E-state index contributed by atoms with van der Waals surface area (Å²) in [6, 6.07) is -2.45. The topological polar surface area (TPSA) is 179 Å². The van der Waals surface area contributed by atoms with E-state index in [1.807, 2.05) is 0 Å². The highest BCUT2D eigenvalue weighted by Gasteiger charge is 2.38. The lowest BCUT2D eigenvalue weighted by Gasteiger charge is -2.26. The fourth-order valence-electron chi connectivity index (χ4n) is 2.36. The number of likely N-dealkylation sites (tertiary alicyclic amines) is 1. The monoisotopic (exact) mass is 344 g/mol. The van der Waals surface area contributed by atoms with Crippen molar-refractivity contribution in [2.24, 2.45) is 5.73 Å². The molecule has 1 fully saturated rings. The van der Waals surface area contributed by atoms with Gasteiger partial charge in [-0.05, 0) is 12.8 Å². The van der Waals surface area contributed by atoms with Gasteiger partial charge in [-0.1, -0.05) is 0 Å². The maximum atomic E-state index is 12.4. The smallest absolute Gasteiger partial charge is 0.326 e. The summed E-state index contributed by atoms with van der Waals surface area (Å²) in [6.45, 7) is -0.619. The van der Waals surface area contributed by atoms with E-state index in [9.17, 15) is 24.0 Å². The average Bonchev–Trinajstić information content (AvgIpc) is 3.00. The molecule has 134 valence electrons. The fourth-order valence-corrected chi connectivity index (χ4v) is 2.36. The first-order valence-electron chi connectivity index (χ1n) is 7.27. The third-order valence-corrected chi connectivity index (χ3v) is 3.46. The van der Waals surface area contributed by atoms with E-state index in [1.54, 1.807) is 0 Å². The molecule has 1 rings (SSSR count). The number of amides is 3. The summed E-state index contributed by atoms with van der Waals surface area (Å²) in [7, 11) is 0. The van der Waals surface area contributed by atoms with Crippen LogP contribution < -0.4 is 16.4 Å². The number of aliphatic carboxylic acids is 2. The summed E-state index contributed by atoms with van der Waals surface area (Å²) in [5.74, 6) is -4.65. The SMILES string of the molecule is NCC(=O)NCC(=O)NC(CC(=O)O)C(=O)N1CCCC1C(=O)O. The number of carbonyl (C=O) groups excluding carboxylic acids is 3. The standard InChI is InChI=1S/C13H20N4O7/c14-5-9(18)15-6-10(19)16-7(4-11(20)21)12(22)17-3-1-2-8(17)13(23)24/h7-8H,1-6,14H2,(H,15,18)(H,16,19)(H,20,21)(H,23,24). The molecule has 1 aliphatic rings. The molecule has 0 radical (unpaired) electrons. The van der Waals surface area contributed by atoms with E-state index in [1.165, 1.54) is 0 Å². The molecule has 0 aromatic carbocycles. The molecule has 0 saturated carbocycles. The first-order valence-corrected chi connectivity index (χ1v) is 7.27. The zero-order valence-electron chi connectivity index (χ0n) is 12.9. The summed E-state index contributed by atoms with van der Waals surface area (Å²) >= 11 is 0. The Balaban J connectivity index is 2.75. The van der Waals surface area contributed by atoms with Crippen molar-refractivity contribution in [1.82, 2.24) is 15.5 Å². The summed E-state index contributed by atoms with van der Waals surface area (Å²) < 4.78 is 0. The second-order valence-corrected chi connectivity index (χ2v) is 5.23. The van der Waals surface area contributed by atoms with Crippen molar-refractivity contribution >= 4 is 29.7 Å². The molecule has 11 nitrogen and oxygen atoms in total. The first kappa shape index (κ1) is 19.4. The van der Waals surface area contributed by atoms with Gasteiger partial charge in [-0.25, -0.2) is 4.79 Å². The number of nitrogens with zero attached hydrogens (tertiary/aromatic N) is 1. The molecule has 1 aliphatic heterocycles. The molecule has 0 bridgehead atoms. The predicted molar refractivity (Wildman–Crippen MR) is 78.6 cm³/mol. The molecule has 0 spiro atoms. The van der Waals surface area contributed by atoms with Gasteiger partial charge in [0.05, 0.1) is 19.5 Å². The molecule has 1 saturated heterocycles. The van der Waals surface area contributed by atoms with Crippen molar-refractivity contribution in [3.8, 4) is 0 Å². The largest absolute Gasteiger partial charge is 0.481 e. The third-order valence-electron chi connectivity index (χ3n) is 3.46. The Morgan fingerprint density at radius 1 is 1.17 bits per heavy atom. The van der Waals surface area contributed by atoms with Gasteiger partial charge >= 0.3 is 11.9 Å². The fraction of sp³-hybridized carbons (Fsp3) is 0.615. The molecule has 11 heteroatoms. The lowest BCUT2D eigenvalue weighted by Crippen LogP contribution is -2.54. The molecular weight excluding hydrogens is 324 g/mol. The van der Waals surface area contributed by atoms with E-state index in [4.69, 9.17) is 15.9 Å². The van der Waals surface area contributed by atoms with Crippen molar-refractivity contribution < 1.29 is 34.2 Å². The molecular formula is C13H20N4O7. The van der Waals surface area contributed by atoms with Crippen molar-refractivity contribution in [1.29, 1.82) is 0 Å². The van der Waals surface area contributed by atoms with E-state index in [-0.39, 0.29) is 19.5 Å². The molecule has 24 heavy (non-hydrogen) atoms. The first-order chi connectivity index (χ1) is 11.3. The van der Waals surface area contributed by atoms with Crippen molar-refractivity contribution in [2.75, 3.05) is 19.6 Å². The third kappa shape index (κ3) is 5.50. The Bertz CT molecular complexity index is 536. The van der Waals surface area contributed by atoms with E-state index in [2.05, 4.69) is 10.6 Å². The number of hydrogen-bond acceptors (Lipinski definition) is 6. The summed E-state index contributed by atoms with van der Waals surface area (Å²) in [5.41, 5.74) is 5.06. The molecule has 6 N–H and O–H groups in total. The number of carboxylic acid groups (broad SMARTS) is 2.